The largest absolute Gasteiger partial charge is 0.573 e. The van der Waals surface area contributed by atoms with Crippen LogP contribution in [0, 0.1) is 0 Å². The Labute approximate surface area is 138 Å². The van der Waals surface area contributed by atoms with Gasteiger partial charge in [0.05, 0.1) is 4.90 Å². The molecule has 0 aromatic heterocycles. The summed E-state index contributed by atoms with van der Waals surface area (Å²) in [7, 11) is -3.87. The van der Waals surface area contributed by atoms with E-state index in [0.29, 0.717) is 6.42 Å². The molecule has 1 aliphatic rings. The lowest BCUT2D eigenvalue weighted by Gasteiger charge is -2.33. The summed E-state index contributed by atoms with van der Waals surface area (Å²) in [5.41, 5.74) is 0. The Morgan fingerprint density at radius 2 is 1.88 bits per heavy atom. The molecule has 0 saturated carbocycles. The highest BCUT2D eigenvalue weighted by atomic mass is 32.2. The van der Waals surface area contributed by atoms with Gasteiger partial charge < -0.3 is 4.74 Å². The molecule has 1 atom stereocenters. The van der Waals surface area contributed by atoms with E-state index >= 15 is 0 Å². The highest BCUT2D eigenvalue weighted by molar-refractivity contribution is 7.89. The van der Waals surface area contributed by atoms with Crippen molar-refractivity contribution in [1.29, 1.82) is 0 Å². The molecule has 1 aliphatic heterocycles. The average molecular weight is 365 g/mol. The zero-order valence-electron chi connectivity index (χ0n) is 13.0. The maximum Gasteiger partial charge on any atom is 0.573 e. The van der Waals surface area contributed by atoms with Crippen molar-refractivity contribution in [1.82, 2.24) is 4.31 Å². The number of hydrogen-bond donors (Lipinski definition) is 0. The molecular weight excluding hydrogens is 347 g/mol. The van der Waals surface area contributed by atoms with Gasteiger partial charge in [-0.05, 0) is 30.7 Å². The van der Waals surface area contributed by atoms with Crippen molar-refractivity contribution in [3.05, 3.63) is 24.3 Å². The molecule has 0 amide bonds. The number of hydrogen-bond acceptors (Lipinski definition) is 4. The average Bonchev–Trinajstić information content (AvgIpc) is 2.46. The predicted octanol–water partition coefficient (Wildman–Crippen LogP) is 3.11. The van der Waals surface area contributed by atoms with Gasteiger partial charge in [-0.25, -0.2) is 8.42 Å². The number of benzene rings is 1. The highest BCUT2D eigenvalue weighted by Crippen LogP contribution is 2.29. The van der Waals surface area contributed by atoms with E-state index in [4.69, 9.17) is 0 Å². The number of ether oxygens (including phenoxy) is 1. The summed E-state index contributed by atoms with van der Waals surface area (Å²) in [6.07, 6.45) is -3.24. The topological polar surface area (TPSA) is 63.7 Å². The summed E-state index contributed by atoms with van der Waals surface area (Å²) in [6, 6.07) is 3.67. The Kier molecular flexibility index (Phi) is 5.54. The van der Waals surface area contributed by atoms with Gasteiger partial charge in [0.25, 0.3) is 0 Å². The number of ketones is 1. The predicted molar refractivity (Wildman–Crippen MR) is 80.0 cm³/mol. The normalized spacial score (nSPS) is 20.2. The van der Waals surface area contributed by atoms with Crippen LogP contribution in [0.15, 0.2) is 29.2 Å². The van der Waals surface area contributed by atoms with Gasteiger partial charge in [-0.2, -0.15) is 4.31 Å². The van der Waals surface area contributed by atoms with E-state index in [1.54, 1.807) is 0 Å². The van der Waals surface area contributed by atoms with E-state index in [1.807, 2.05) is 6.92 Å². The lowest BCUT2D eigenvalue weighted by Crippen LogP contribution is -2.46. The van der Waals surface area contributed by atoms with Gasteiger partial charge in [0.1, 0.15) is 11.5 Å². The molecule has 9 heteroatoms. The number of Topliss-reactive ketones (excluding diaryl/α,β-unsaturated/α-hetero) is 1. The molecule has 1 fully saturated rings. The molecule has 1 aromatic rings. The van der Waals surface area contributed by atoms with Crippen LogP contribution in [0.2, 0.25) is 0 Å². The number of rotatable bonds is 5. The summed E-state index contributed by atoms with van der Waals surface area (Å²) in [4.78, 5) is 11.5. The fourth-order valence-electron chi connectivity index (χ4n) is 2.73. The van der Waals surface area contributed by atoms with Crippen LogP contribution in [-0.4, -0.2) is 37.5 Å². The van der Waals surface area contributed by atoms with Crippen molar-refractivity contribution in [3.63, 3.8) is 0 Å². The van der Waals surface area contributed by atoms with E-state index in [-0.39, 0.29) is 30.1 Å². The van der Waals surface area contributed by atoms with Crippen molar-refractivity contribution in [3.8, 4) is 5.75 Å². The molecule has 0 radical (unpaired) electrons. The molecule has 0 bridgehead atoms. The number of nitrogens with zero attached hydrogens (tertiary/aromatic N) is 1. The first-order valence-corrected chi connectivity index (χ1v) is 8.97. The fourth-order valence-corrected chi connectivity index (χ4v) is 4.38. The summed E-state index contributed by atoms with van der Waals surface area (Å²) in [6.45, 7) is 1.99. The summed E-state index contributed by atoms with van der Waals surface area (Å²) < 4.78 is 66.9. The third kappa shape index (κ3) is 4.47. The van der Waals surface area contributed by atoms with Gasteiger partial charge in [-0.3, -0.25) is 4.79 Å². The Morgan fingerprint density at radius 1 is 1.25 bits per heavy atom. The van der Waals surface area contributed by atoms with Gasteiger partial charge >= 0.3 is 6.36 Å². The molecule has 24 heavy (non-hydrogen) atoms. The molecular formula is C15H18F3NO4S. The van der Waals surface area contributed by atoms with Crippen LogP contribution in [0.5, 0.6) is 5.75 Å². The van der Waals surface area contributed by atoms with Crippen LogP contribution < -0.4 is 4.74 Å². The summed E-state index contributed by atoms with van der Waals surface area (Å²) >= 11 is 0. The lowest BCUT2D eigenvalue weighted by atomic mass is 10.00. The minimum Gasteiger partial charge on any atom is -0.406 e. The van der Waals surface area contributed by atoms with Gasteiger partial charge in [-0.15, -0.1) is 13.2 Å². The molecule has 0 N–H and O–H groups in total. The Balaban J connectivity index is 2.23. The summed E-state index contributed by atoms with van der Waals surface area (Å²) in [5.74, 6) is -0.464. The number of sulfonamides is 1. The first kappa shape index (κ1) is 18.7. The fraction of sp³-hybridized carbons (Fsp3) is 0.533. The van der Waals surface area contributed by atoms with E-state index < -0.39 is 28.2 Å². The van der Waals surface area contributed by atoms with Crippen LogP contribution >= 0.6 is 0 Å². The molecule has 1 unspecified atom stereocenters. The van der Waals surface area contributed by atoms with Gasteiger partial charge in [-0.1, -0.05) is 13.3 Å². The molecule has 134 valence electrons. The second-order valence-electron chi connectivity index (χ2n) is 5.57. The van der Waals surface area contributed by atoms with Crippen LogP contribution in [0.25, 0.3) is 0 Å². The third-order valence-corrected chi connectivity index (χ3v) is 5.73. The van der Waals surface area contributed by atoms with Crippen LogP contribution in [0.4, 0.5) is 13.2 Å². The van der Waals surface area contributed by atoms with E-state index in [0.717, 1.165) is 30.7 Å². The van der Waals surface area contributed by atoms with Crippen LogP contribution in [0.3, 0.4) is 0 Å². The highest BCUT2D eigenvalue weighted by Gasteiger charge is 2.36. The zero-order valence-corrected chi connectivity index (χ0v) is 13.9. The van der Waals surface area contributed by atoms with Crippen molar-refractivity contribution in [2.24, 2.45) is 0 Å². The first-order chi connectivity index (χ1) is 11.1. The molecule has 0 aliphatic carbocycles. The van der Waals surface area contributed by atoms with Gasteiger partial charge in [0, 0.05) is 25.4 Å². The van der Waals surface area contributed by atoms with E-state index in [2.05, 4.69) is 4.74 Å². The smallest absolute Gasteiger partial charge is 0.406 e. The Bertz CT molecular complexity index is 686. The number of alkyl halides is 3. The quantitative estimate of drug-likeness (QED) is 0.804. The van der Waals surface area contributed by atoms with Crippen LogP contribution in [0.1, 0.15) is 32.6 Å². The van der Waals surface area contributed by atoms with Crippen molar-refractivity contribution in [2.45, 2.75) is 49.9 Å². The minimum absolute atomic E-state index is 0.0221. The second kappa shape index (κ2) is 7.10. The molecule has 0 spiro atoms. The minimum atomic E-state index is -4.83. The summed E-state index contributed by atoms with van der Waals surface area (Å²) in [5, 5.41) is 0. The monoisotopic (exact) mass is 365 g/mol. The number of halogens is 3. The van der Waals surface area contributed by atoms with Gasteiger partial charge in [0.15, 0.2) is 0 Å². The van der Waals surface area contributed by atoms with Crippen molar-refractivity contribution >= 4 is 15.8 Å². The molecule has 2 rings (SSSR count). The maximum atomic E-state index is 12.7. The molecule has 1 aromatic carbocycles. The Hall–Kier alpha value is -1.61. The number of piperidine rings is 1. The third-order valence-electron chi connectivity index (χ3n) is 3.77. The molecule has 5 nitrogen and oxygen atoms in total. The first-order valence-electron chi connectivity index (χ1n) is 7.53. The van der Waals surface area contributed by atoms with Gasteiger partial charge in [0.2, 0.25) is 10.0 Å². The standard InChI is InChI=1S/C15H18F3NO4S/c1-2-3-11-10-12(20)8-9-19(11)24(21,22)14-6-4-13(5-7-14)23-15(16,17)18/h4-7,11H,2-3,8-10H2,1H3. The second-order valence-corrected chi connectivity index (χ2v) is 7.46. The molecule has 1 heterocycles. The van der Waals surface area contributed by atoms with E-state index in [1.165, 1.54) is 4.31 Å². The lowest BCUT2D eigenvalue weighted by molar-refractivity contribution is -0.274. The number of carbonyl (C=O) groups excluding carboxylic acids is 1. The zero-order chi connectivity index (χ0) is 18.0. The molecule has 1 saturated heterocycles. The van der Waals surface area contributed by atoms with Crippen molar-refractivity contribution < 1.29 is 31.1 Å². The SMILES string of the molecule is CCCC1CC(=O)CCN1S(=O)(=O)c1ccc(OC(F)(F)F)cc1. The van der Waals surface area contributed by atoms with E-state index in [9.17, 15) is 26.4 Å². The Morgan fingerprint density at radius 3 is 2.42 bits per heavy atom. The number of carbonyl (C=O) groups is 1. The maximum absolute atomic E-state index is 12.7. The van der Waals surface area contributed by atoms with Crippen molar-refractivity contribution in [2.75, 3.05) is 6.54 Å². The van der Waals surface area contributed by atoms with Crippen LogP contribution in [-0.2, 0) is 14.8 Å².